The van der Waals surface area contributed by atoms with E-state index in [0.29, 0.717) is 17.9 Å². The molecule has 0 saturated heterocycles. The van der Waals surface area contributed by atoms with Crippen LogP contribution in [0, 0.1) is 0 Å². The zero-order chi connectivity index (χ0) is 12.1. The van der Waals surface area contributed by atoms with Gasteiger partial charge in [0.25, 0.3) is 0 Å². The molecule has 5 heteroatoms. The van der Waals surface area contributed by atoms with E-state index in [2.05, 4.69) is 12.6 Å². The van der Waals surface area contributed by atoms with Crippen molar-refractivity contribution in [2.45, 2.75) is 6.92 Å². The molecule has 0 spiro atoms. The van der Waals surface area contributed by atoms with Gasteiger partial charge in [0.1, 0.15) is 0 Å². The smallest absolute Gasteiger partial charge is 0.341 e. The average molecular weight is 240 g/mol. The van der Waals surface area contributed by atoms with Gasteiger partial charge in [-0.1, -0.05) is 6.07 Å². The summed E-state index contributed by atoms with van der Waals surface area (Å²) in [5.41, 5.74) is 0.605. The Morgan fingerprint density at radius 3 is 2.81 bits per heavy atom. The van der Waals surface area contributed by atoms with Crippen LogP contribution in [0.25, 0.3) is 6.08 Å². The second-order valence-corrected chi connectivity index (χ2v) is 3.48. The fraction of sp³-hybridized carbons (Fsp3) is 0.182. The maximum Gasteiger partial charge on any atom is 0.341 e. The molecule has 16 heavy (non-hydrogen) atoms. The summed E-state index contributed by atoms with van der Waals surface area (Å²) in [6.45, 7) is 2.22. The summed E-state index contributed by atoms with van der Waals surface area (Å²) in [5.74, 6) is -0.757. The van der Waals surface area contributed by atoms with Gasteiger partial charge in [-0.3, -0.25) is 0 Å². The molecule has 0 fully saturated rings. The van der Waals surface area contributed by atoms with E-state index in [9.17, 15) is 9.90 Å². The lowest BCUT2D eigenvalue weighted by Gasteiger charge is -2.06. The number of phenolic OH excluding ortho intramolecular Hbond substituents is 1. The summed E-state index contributed by atoms with van der Waals surface area (Å²) in [6.07, 6.45) is 1.38. The maximum absolute atomic E-state index is 10.6. The van der Waals surface area contributed by atoms with E-state index in [1.54, 1.807) is 19.1 Å². The molecule has 0 atom stereocenters. The molecule has 0 heterocycles. The Labute approximate surface area is 98.6 Å². The van der Waals surface area contributed by atoms with E-state index in [1.165, 1.54) is 12.1 Å². The highest BCUT2D eigenvalue weighted by Gasteiger charge is 2.05. The van der Waals surface area contributed by atoms with Crippen LogP contribution in [0.3, 0.4) is 0 Å². The van der Waals surface area contributed by atoms with E-state index >= 15 is 0 Å². The SMILES string of the molecule is CCOc1cc(/C=C(\S)C(=O)O)ccc1O. The largest absolute Gasteiger partial charge is 0.504 e. The number of phenols is 1. The Bertz CT molecular complexity index is 426. The van der Waals surface area contributed by atoms with E-state index in [1.807, 2.05) is 0 Å². The number of hydrogen-bond donors (Lipinski definition) is 3. The monoisotopic (exact) mass is 240 g/mol. The fourth-order valence-electron chi connectivity index (χ4n) is 1.11. The highest BCUT2D eigenvalue weighted by atomic mass is 32.1. The molecule has 0 radical (unpaired) electrons. The van der Waals surface area contributed by atoms with Gasteiger partial charge in [-0.15, -0.1) is 12.6 Å². The molecule has 0 aliphatic rings. The highest BCUT2D eigenvalue weighted by molar-refractivity contribution is 7.85. The van der Waals surface area contributed by atoms with Crippen molar-refractivity contribution in [3.63, 3.8) is 0 Å². The number of carbonyl (C=O) groups is 1. The van der Waals surface area contributed by atoms with Gasteiger partial charge < -0.3 is 14.9 Å². The number of rotatable bonds is 4. The van der Waals surface area contributed by atoms with Crippen molar-refractivity contribution in [2.24, 2.45) is 0 Å². The Hall–Kier alpha value is -1.62. The Balaban J connectivity index is 3.03. The first-order chi connectivity index (χ1) is 7.54. The van der Waals surface area contributed by atoms with Crippen molar-refractivity contribution in [1.82, 2.24) is 0 Å². The number of benzene rings is 1. The molecule has 1 aromatic rings. The molecule has 0 saturated carbocycles. The van der Waals surface area contributed by atoms with Crippen LogP contribution in [-0.2, 0) is 4.79 Å². The number of carboxylic acids is 1. The molecule has 0 unspecified atom stereocenters. The summed E-state index contributed by atoms with van der Waals surface area (Å²) < 4.78 is 5.17. The molecule has 0 aromatic heterocycles. The summed E-state index contributed by atoms with van der Waals surface area (Å²) in [6, 6.07) is 4.58. The minimum atomic E-state index is -1.10. The van der Waals surface area contributed by atoms with Gasteiger partial charge in [0, 0.05) is 0 Å². The van der Waals surface area contributed by atoms with E-state index in [0.717, 1.165) is 0 Å². The molecule has 0 amide bonds. The molecular weight excluding hydrogens is 228 g/mol. The van der Waals surface area contributed by atoms with Crippen LogP contribution in [0.15, 0.2) is 23.1 Å². The van der Waals surface area contributed by atoms with Gasteiger partial charge >= 0.3 is 5.97 Å². The first kappa shape index (κ1) is 12.4. The van der Waals surface area contributed by atoms with E-state index < -0.39 is 5.97 Å². The minimum Gasteiger partial charge on any atom is -0.504 e. The number of thiol groups is 1. The topological polar surface area (TPSA) is 66.8 Å². The lowest BCUT2D eigenvalue weighted by Crippen LogP contribution is -1.94. The summed E-state index contributed by atoms with van der Waals surface area (Å²) in [5, 5.41) is 18.1. The maximum atomic E-state index is 10.6. The van der Waals surface area contributed by atoms with Crippen LogP contribution < -0.4 is 4.74 Å². The third kappa shape index (κ3) is 3.20. The van der Waals surface area contributed by atoms with E-state index in [-0.39, 0.29) is 10.7 Å². The van der Waals surface area contributed by atoms with Gasteiger partial charge in [0.2, 0.25) is 0 Å². The van der Waals surface area contributed by atoms with Crippen LogP contribution in [0.2, 0.25) is 0 Å². The Morgan fingerprint density at radius 2 is 2.25 bits per heavy atom. The fourth-order valence-corrected chi connectivity index (χ4v) is 1.26. The Morgan fingerprint density at radius 1 is 1.56 bits per heavy atom. The first-order valence-corrected chi connectivity index (χ1v) is 5.09. The van der Waals surface area contributed by atoms with Crippen molar-refractivity contribution in [2.75, 3.05) is 6.61 Å². The van der Waals surface area contributed by atoms with Crippen molar-refractivity contribution in [1.29, 1.82) is 0 Å². The van der Waals surface area contributed by atoms with Gasteiger partial charge in [0.15, 0.2) is 11.5 Å². The van der Waals surface area contributed by atoms with Crippen LogP contribution in [0.1, 0.15) is 12.5 Å². The van der Waals surface area contributed by atoms with Crippen molar-refractivity contribution in [3.05, 3.63) is 28.7 Å². The highest BCUT2D eigenvalue weighted by Crippen LogP contribution is 2.27. The molecule has 4 nitrogen and oxygen atoms in total. The summed E-state index contributed by atoms with van der Waals surface area (Å²) in [7, 11) is 0. The van der Waals surface area contributed by atoms with Crippen molar-refractivity contribution >= 4 is 24.7 Å². The van der Waals surface area contributed by atoms with Gasteiger partial charge in [-0.2, -0.15) is 0 Å². The lowest BCUT2D eigenvalue weighted by molar-refractivity contribution is -0.131. The third-order valence-corrected chi connectivity index (χ3v) is 2.13. The standard InChI is InChI=1S/C11H12O4S/c1-2-15-9-5-7(3-4-8(9)12)6-10(16)11(13)14/h3-6,12,16H,2H2,1H3,(H,13,14)/b10-6-. The molecular formula is C11H12O4S. The first-order valence-electron chi connectivity index (χ1n) is 4.64. The zero-order valence-electron chi connectivity index (χ0n) is 8.67. The van der Waals surface area contributed by atoms with Crippen molar-refractivity contribution in [3.8, 4) is 11.5 Å². The van der Waals surface area contributed by atoms with Gasteiger partial charge in [0.05, 0.1) is 11.5 Å². The third-order valence-electron chi connectivity index (χ3n) is 1.81. The lowest BCUT2D eigenvalue weighted by atomic mass is 10.2. The zero-order valence-corrected chi connectivity index (χ0v) is 9.57. The van der Waals surface area contributed by atoms with Crippen LogP contribution in [-0.4, -0.2) is 22.8 Å². The van der Waals surface area contributed by atoms with E-state index in [4.69, 9.17) is 9.84 Å². The second-order valence-electron chi connectivity index (χ2n) is 2.99. The molecule has 1 aromatic carbocycles. The van der Waals surface area contributed by atoms with Crippen LogP contribution in [0.5, 0.6) is 11.5 Å². The number of carboxylic acid groups (broad SMARTS) is 1. The number of hydrogen-bond acceptors (Lipinski definition) is 4. The Kier molecular flexibility index (Phi) is 4.25. The van der Waals surface area contributed by atoms with Crippen LogP contribution >= 0.6 is 12.6 Å². The number of aliphatic carboxylic acids is 1. The molecule has 2 N–H and O–H groups in total. The second kappa shape index (κ2) is 5.46. The molecule has 0 aliphatic carbocycles. The van der Waals surface area contributed by atoms with Gasteiger partial charge in [-0.05, 0) is 30.7 Å². The molecule has 86 valence electrons. The molecule has 0 aliphatic heterocycles. The van der Waals surface area contributed by atoms with Gasteiger partial charge in [-0.25, -0.2) is 4.79 Å². The summed E-state index contributed by atoms with van der Waals surface area (Å²) >= 11 is 3.81. The van der Waals surface area contributed by atoms with Crippen molar-refractivity contribution < 1.29 is 19.7 Å². The predicted molar refractivity (Wildman–Crippen MR) is 63.9 cm³/mol. The predicted octanol–water partition coefficient (Wildman–Crippen LogP) is 2.15. The number of aromatic hydroxyl groups is 1. The summed E-state index contributed by atoms with van der Waals surface area (Å²) in [4.78, 5) is 10.5. The normalized spacial score (nSPS) is 11.2. The number of ether oxygens (including phenoxy) is 1. The van der Waals surface area contributed by atoms with Crippen LogP contribution in [0.4, 0.5) is 0 Å². The quantitative estimate of drug-likeness (QED) is 0.557. The molecule has 0 bridgehead atoms. The average Bonchev–Trinajstić information content (AvgIpc) is 2.23. The molecule has 1 rings (SSSR count). The minimum absolute atomic E-state index is 0.0232.